The first-order chi connectivity index (χ1) is 9.05. The van der Waals surface area contributed by atoms with E-state index in [9.17, 15) is 13.2 Å². The van der Waals surface area contributed by atoms with Crippen LogP contribution in [-0.4, -0.2) is 41.8 Å². The Kier molecular flexibility index (Phi) is 2.78. The molecule has 100 valence electrons. The van der Waals surface area contributed by atoms with Gasteiger partial charge in [0, 0.05) is 23.8 Å². The number of pyridine rings is 1. The van der Waals surface area contributed by atoms with Gasteiger partial charge in [-0.2, -0.15) is 0 Å². The first-order valence-corrected chi connectivity index (χ1v) is 7.81. The van der Waals surface area contributed by atoms with E-state index in [1.807, 2.05) is 0 Å². The molecule has 0 saturated carbocycles. The summed E-state index contributed by atoms with van der Waals surface area (Å²) < 4.78 is 22.7. The number of hydrogen-bond acceptors (Lipinski definition) is 4. The molecule has 0 aliphatic carbocycles. The third-order valence-electron chi connectivity index (χ3n) is 3.26. The van der Waals surface area contributed by atoms with Gasteiger partial charge < -0.3 is 10.3 Å². The Balaban J connectivity index is 1.81. The maximum absolute atomic E-state index is 12.1. The highest BCUT2D eigenvalue weighted by Gasteiger charge is 2.29. The summed E-state index contributed by atoms with van der Waals surface area (Å²) in [6, 6.07) is 3.27. The first kappa shape index (κ1) is 12.2. The van der Waals surface area contributed by atoms with E-state index in [-0.39, 0.29) is 23.5 Å². The lowest BCUT2D eigenvalue weighted by Gasteiger charge is -2.09. The highest BCUT2D eigenvalue weighted by atomic mass is 32.2. The monoisotopic (exact) mass is 279 g/mol. The lowest BCUT2D eigenvalue weighted by molar-refractivity contribution is 0.0943. The van der Waals surface area contributed by atoms with E-state index in [1.54, 1.807) is 24.5 Å². The van der Waals surface area contributed by atoms with Gasteiger partial charge >= 0.3 is 0 Å². The van der Waals surface area contributed by atoms with Crippen LogP contribution in [0.1, 0.15) is 16.8 Å². The molecule has 1 unspecified atom stereocenters. The van der Waals surface area contributed by atoms with Crippen molar-refractivity contribution in [3.8, 4) is 0 Å². The lowest BCUT2D eigenvalue weighted by Crippen LogP contribution is -2.35. The summed E-state index contributed by atoms with van der Waals surface area (Å²) in [7, 11) is -2.99. The third-order valence-corrected chi connectivity index (χ3v) is 5.03. The Morgan fingerprint density at radius 1 is 1.47 bits per heavy atom. The number of aromatic amines is 1. The summed E-state index contributed by atoms with van der Waals surface area (Å²) in [6.07, 6.45) is 3.72. The van der Waals surface area contributed by atoms with Crippen molar-refractivity contribution in [1.82, 2.24) is 15.3 Å². The fourth-order valence-electron chi connectivity index (χ4n) is 2.32. The van der Waals surface area contributed by atoms with Crippen LogP contribution >= 0.6 is 0 Å². The molecule has 3 heterocycles. The van der Waals surface area contributed by atoms with Crippen molar-refractivity contribution >= 4 is 26.8 Å². The number of nitrogens with one attached hydrogen (secondary N) is 2. The van der Waals surface area contributed by atoms with Crippen LogP contribution in [-0.2, 0) is 9.84 Å². The molecule has 1 amide bonds. The molecule has 7 heteroatoms. The molecule has 0 bridgehead atoms. The van der Waals surface area contributed by atoms with E-state index in [4.69, 9.17) is 0 Å². The number of hydrogen-bond donors (Lipinski definition) is 2. The predicted octanol–water partition coefficient (Wildman–Crippen LogP) is 0.480. The summed E-state index contributed by atoms with van der Waals surface area (Å²) in [6.45, 7) is 0. The lowest BCUT2D eigenvalue weighted by atomic mass is 10.2. The van der Waals surface area contributed by atoms with Gasteiger partial charge in [0.05, 0.1) is 17.1 Å². The molecule has 3 rings (SSSR count). The molecule has 1 aliphatic heterocycles. The van der Waals surface area contributed by atoms with Gasteiger partial charge in [0.15, 0.2) is 9.84 Å². The molecule has 1 saturated heterocycles. The average molecular weight is 279 g/mol. The maximum Gasteiger partial charge on any atom is 0.253 e. The largest absolute Gasteiger partial charge is 0.348 e. The van der Waals surface area contributed by atoms with E-state index in [1.165, 1.54) is 0 Å². The van der Waals surface area contributed by atoms with Crippen molar-refractivity contribution in [2.75, 3.05) is 11.5 Å². The van der Waals surface area contributed by atoms with Crippen LogP contribution in [0.4, 0.5) is 0 Å². The summed E-state index contributed by atoms with van der Waals surface area (Å²) in [4.78, 5) is 19.2. The van der Waals surface area contributed by atoms with Gasteiger partial charge in [0.25, 0.3) is 5.91 Å². The minimum Gasteiger partial charge on any atom is -0.348 e. The van der Waals surface area contributed by atoms with Gasteiger partial charge in [-0.05, 0) is 18.6 Å². The van der Waals surface area contributed by atoms with Crippen LogP contribution in [0.25, 0.3) is 11.0 Å². The van der Waals surface area contributed by atoms with Crippen LogP contribution in [0.3, 0.4) is 0 Å². The third kappa shape index (κ3) is 2.33. The van der Waals surface area contributed by atoms with E-state index >= 15 is 0 Å². The maximum atomic E-state index is 12.1. The van der Waals surface area contributed by atoms with Crippen molar-refractivity contribution in [2.45, 2.75) is 12.5 Å². The molecule has 2 aromatic rings. The van der Waals surface area contributed by atoms with Crippen LogP contribution in [0, 0.1) is 0 Å². The summed E-state index contributed by atoms with van der Waals surface area (Å²) in [5.41, 5.74) is 1.14. The second kappa shape index (κ2) is 4.34. The summed E-state index contributed by atoms with van der Waals surface area (Å²) in [5.74, 6) is -0.0893. The molecule has 6 nitrogen and oxygen atoms in total. The Morgan fingerprint density at radius 2 is 2.32 bits per heavy atom. The first-order valence-electron chi connectivity index (χ1n) is 5.98. The van der Waals surface area contributed by atoms with Crippen LogP contribution in [0.2, 0.25) is 0 Å². The van der Waals surface area contributed by atoms with Gasteiger partial charge in [0.2, 0.25) is 0 Å². The Hall–Kier alpha value is -1.89. The smallest absolute Gasteiger partial charge is 0.253 e. The van der Waals surface area contributed by atoms with Crippen LogP contribution in [0.5, 0.6) is 0 Å². The van der Waals surface area contributed by atoms with Gasteiger partial charge in [-0.25, -0.2) is 13.4 Å². The normalized spacial score (nSPS) is 21.6. The number of sulfone groups is 1. The fourth-order valence-corrected chi connectivity index (χ4v) is 3.99. The van der Waals surface area contributed by atoms with Gasteiger partial charge in [0.1, 0.15) is 5.65 Å². The molecular formula is C12H13N3O3S. The number of H-pyrrole nitrogens is 1. The van der Waals surface area contributed by atoms with Crippen LogP contribution < -0.4 is 5.32 Å². The molecule has 0 aromatic carbocycles. The molecule has 1 fully saturated rings. The molecule has 19 heavy (non-hydrogen) atoms. The van der Waals surface area contributed by atoms with Crippen molar-refractivity contribution < 1.29 is 13.2 Å². The number of carbonyl (C=O) groups is 1. The van der Waals surface area contributed by atoms with E-state index in [0.717, 1.165) is 5.39 Å². The van der Waals surface area contributed by atoms with Gasteiger partial charge in [-0.1, -0.05) is 0 Å². The number of amides is 1. The minimum absolute atomic E-state index is 0.0271. The molecule has 2 N–H and O–H groups in total. The Labute approximate surface area is 110 Å². The van der Waals surface area contributed by atoms with Crippen molar-refractivity contribution in [1.29, 1.82) is 0 Å². The van der Waals surface area contributed by atoms with E-state index < -0.39 is 9.84 Å². The highest BCUT2D eigenvalue weighted by molar-refractivity contribution is 7.91. The number of fused-ring (bicyclic) bond motifs is 1. The molecule has 1 aliphatic rings. The average Bonchev–Trinajstić information content (AvgIpc) is 2.92. The zero-order valence-electron chi connectivity index (χ0n) is 10.1. The molecular weight excluding hydrogens is 266 g/mol. The predicted molar refractivity (Wildman–Crippen MR) is 70.6 cm³/mol. The number of rotatable bonds is 2. The highest BCUT2D eigenvalue weighted by Crippen LogP contribution is 2.17. The Bertz CT molecular complexity index is 736. The second-order valence-electron chi connectivity index (χ2n) is 4.68. The second-order valence-corrected chi connectivity index (χ2v) is 6.90. The number of aromatic nitrogens is 2. The van der Waals surface area contributed by atoms with Crippen molar-refractivity contribution in [3.05, 3.63) is 30.1 Å². The van der Waals surface area contributed by atoms with E-state index in [2.05, 4.69) is 15.3 Å². The molecule has 1 atom stereocenters. The summed E-state index contributed by atoms with van der Waals surface area (Å²) >= 11 is 0. The molecule has 0 radical (unpaired) electrons. The van der Waals surface area contributed by atoms with Crippen molar-refractivity contribution in [2.24, 2.45) is 0 Å². The summed E-state index contributed by atoms with van der Waals surface area (Å²) in [5, 5.41) is 3.50. The SMILES string of the molecule is O=C(NC1CCS(=O)(=O)C1)c1c[nH]c2ncccc12. The molecule has 0 spiro atoms. The van der Waals surface area contributed by atoms with Gasteiger partial charge in [-0.3, -0.25) is 4.79 Å². The number of nitrogens with zero attached hydrogens (tertiary/aromatic N) is 1. The topological polar surface area (TPSA) is 91.9 Å². The Morgan fingerprint density at radius 3 is 3.05 bits per heavy atom. The van der Waals surface area contributed by atoms with Gasteiger partial charge in [-0.15, -0.1) is 0 Å². The quantitative estimate of drug-likeness (QED) is 0.836. The fraction of sp³-hybridized carbons (Fsp3) is 0.333. The zero-order chi connectivity index (χ0) is 13.5. The number of carbonyl (C=O) groups excluding carboxylic acids is 1. The molecule has 2 aromatic heterocycles. The standard InChI is InChI=1S/C12H13N3O3S/c16-12(15-8-3-5-19(17,18)7-8)10-6-14-11-9(10)2-1-4-13-11/h1-2,4,6,8H,3,5,7H2,(H,13,14)(H,15,16). The minimum atomic E-state index is -2.99. The van der Waals surface area contributed by atoms with Crippen LogP contribution in [0.15, 0.2) is 24.5 Å². The zero-order valence-corrected chi connectivity index (χ0v) is 10.9. The van der Waals surface area contributed by atoms with Crippen molar-refractivity contribution in [3.63, 3.8) is 0 Å². The van der Waals surface area contributed by atoms with E-state index in [0.29, 0.717) is 17.6 Å².